The summed E-state index contributed by atoms with van der Waals surface area (Å²) in [6.07, 6.45) is 2.76. The topological polar surface area (TPSA) is 74.8 Å². The summed E-state index contributed by atoms with van der Waals surface area (Å²) < 4.78 is 5.18. The molecule has 0 aromatic carbocycles. The van der Waals surface area contributed by atoms with Gasteiger partial charge in [0, 0.05) is 26.2 Å². The van der Waals surface area contributed by atoms with Crippen molar-refractivity contribution < 1.29 is 9.53 Å². The van der Waals surface area contributed by atoms with Crippen LogP contribution in [0.4, 0.5) is 4.79 Å². The fourth-order valence-electron chi connectivity index (χ4n) is 1.88. The van der Waals surface area contributed by atoms with E-state index in [0.717, 1.165) is 25.3 Å². The summed E-state index contributed by atoms with van der Waals surface area (Å²) >= 11 is 0. The summed E-state index contributed by atoms with van der Waals surface area (Å²) in [5.74, 6) is 1.52. The molecule has 6 nitrogen and oxygen atoms in total. The fourth-order valence-corrected chi connectivity index (χ4v) is 1.88. The number of guanidine groups is 1. The Balaban J connectivity index is 3.82. The summed E-state index contributed by atoms with van der Waals surface area (Å²) in [6, 6.07) is 0.392. The molecule has 0 aliphatic heterocycles. The maximum absolute atomic E-state index is 11.5. The molecule has 0 aliphatic carbocycles. The SMILES string of the molecule is CN=C(NCCCNC(=O)OC(C)(C)C)NC(C)CCC(C)C. The largest absolute Gasteiger partial charge is 0.444 e. The van der Waals surface area contributed by atoms with Gasteiger partial charge in [-0.25, -0.2) is 4.79 Å². The lowest BCUT2D eigenvalue weighted by Crippen LogP contribution is -2.43. The zero-order valence-electron chi connectivity index (χ0n) is 16.0. The third-order valence-corrected chi connectivity index (χ3v) is 3.10. The molecular weight excluding hydrogens is 292 g/mol. The number of carbonyl (C=O) groups excluding carboxylic acids is 1. The molecule has 0 aromatic rings. The standard InChI is InChI=1S/C17H36N4O2/c1-13(2)9-10-14(3)21-15(18-7)19-11-8-12-20-16(22)23-17(4,5)6/h13-14H,8-12H2,1-7H3,(H,20,22)(H2,18,19,21). The van der Waals surface area contributed by atoms with E-state index in [-0.39, 0.29) is 6.09 Å². The molecule has 0 fully saturated rings. The third-order valence-electron chi connectivity index (χ3n) is 3.10. The van der Waals surface area contributed by atoms with Gasteiger partial charge < -0.3 is 20.7 Å². The highest BCUT2D eigenvalue weighted by Crippen LogP contribution is 2.06. The summed E-state index contributed by atoms with van der Waals surface area (Å²) in [5, 5.41) is 9.38. The van der Waals surface area contributed by atoms with Crippen LogP contribution in [0.15, 0.2) is 4.99 Å². The number of hydrogen-bond donors (Lipinski definition) is 3. The van der Waals surface area contributed by atoms with Crippen molar-refractivity contribution in [2.24, 2.45) is 10.9 Å². The average molecular weight is 329 g/mol. The molecular formula is C17H36N4O2. The Morgan fingerprint density at radius 3 is 2.22 bits per heavy atom. The van der Waals surface area contributed by atoms with Crippen LogP contribution < -0.4 is 16.0 Å². The summed E-state index contributed by atoms with van der Waals surface area (Å²) in [4.78, 5) is 15.7. The Labute approximate surface area is 141 Å². The zero-order chi connectivity index (χ0) is 17.9. The lowest BCUT2D eigenvalue weighted by atomic mass is 10.0. The van der Waals surface area contributed by atoms with E-state index in [9.17, 15) is 4.79 Å². The second-order valence-corrected chi connectivity index (χ2v) is 7.30. The highest BCUT2D eigenvalue weighted by molar-refractivity contribution is 5.79. The van der Waals surface area contributed by atoms with Crippen LogP contribution in [0, 0.1) is 5.92 Å². The van der Waals surface area contributed by atoms with E-state index in [1.807, 2.05) is 20.8 Å². The van der Waals surface area contributed by atoms with Crippen LogP contribution in [-0.4, -0.2) is 43.8 Å². The number of ether oxygens (including phenoxy) is 1. The molecule has 0 spiro atoms. The van der Waals surface area contributed by atoms with Crippen molar-refractivity contribution in [1.82, 2.24) is 16.0 Å². The third kappa shape index (κ3) is 13.9. The molecule has 0 aliphatic rings. The number of hydrogen-bond acceptors (Lipinski definition) is 3. The van der Waals surface area contributed by atoms with E-state index < -0.39 is 5.60 Å². The van der Waals surface area contributed by atoms with Gasteiger partial charge in [-0.15, -0.1) is 0 Å². The minimum Gasteiger partial charge on any atom is -0.444 e. The number of alkyl carbamates (subject to hydrolysis) is 1. The second-order valence-electron chi connectivity index (χ2n) is 7.30. The second kappa shape index (κ2) is 11.1. The first-order valence-corrected chi connectivity index (χ1v) is 8.58. The van der Waals surface area contributed by atoms with Crippen LogP contribution in [-0.2, 0) is 4.74 Å². The predicted octanol–water partition coefficient (Wildman–Crippen LogP) is 2.89. The minimum absolute atomic E-state index is 0.373. The van der Waals surface area contributed by atoms with Crippen LogP contribution in [0.5, 0.6) is 0 Å². The van der Waals surface area contributed by atoms with Crippen molar-refractivity contribution in [2.45, 2.75) is 72.4 Å². The van der Waals surface area contributed by atoms with Gasteiger partial charge >= 0.3 is 6.09 Å². The number of nitrogens with zero attached hydrogens (tertiary/aromatic N) is 1. The van der Waals surface area contributed by atoms with Crippen LogP contribution in [0.3, 0.4) is 0 Å². The number of amides is 1. The molecule has 3 N–H and O–H groups in total. The number of nitrogens with one attached hydrogen (secondary N) is 3. The Bertz CT molecular complexity index is 362. The minimum atomic E-state index is -0.458. The van der Waals surface area contributed by atoms with E-state index in [0.29, 0.717) is 18.5 Å². The van der Waals surface area contributed by atoms with E-state index >= 15 is 0 Å². The van der Waals surface area contributed by atoms with Crippen molar-refractivity contribution in [1.29, 1.82) is 0 Å². The highest BCUT2D eigenvalue weighted by Gasteiger charge is 2.15. The van der Waals surface area contributed by atoms with Gasteiger partial charge in [-0.05, 0) is 52.9 Å². The normalized spacial score (nSPS) is 13.7. The number of rotatable bonds is 8. The van der Waals surface area contributed by atoms with Crippen LogP contribution in [0.2, 0.25) is 0 Å². The van der Waals surface area contributed by atoms with Gasteiger partial charge in [-0.1, -0.05) is 13.8 Å². The monoisotopic (exact) mass is 328 g/mol. The molecule has 0 saturated carbocycles. The molecule has 0 aromatic heterocycles. The molecule has 1 atom stereocenters. The first-order chi connectivity index (χ1) is 10.6. The van der Waals surface area contributed by atoms with Gasteiger partial charge in [-0.2, -0.15) is 0 Å². The quantitative estimate of drug-likeness (QED) is 0.364. The van der Waals surface area contributed by atoms with Crippen molar-refractivity contribution in [3.8, 4) is 0 Å². The van der Waals surface area contributed by atoms with Crippen LogP contribution in [0.25, 0.3) is 0 Å². The number of carbonyl (C=O) groups is 1. The van der Waals surface area contributed by atoms with Crippen molar-refractivity contribution >= 4 is 12.1 Å². The van der Waals surface area contributed by atoms with Gasteiger partial charge in [-0.3, -0.25) is 4.99 Å². The molecule has 136 valence electrons. The smallest absolute Gasteiger partial charge is 0.407 e. The molecule has 0 saturated heterocycles. The van der Waals surface area contributed by atoms with Gasteiger partial charge in [0.1, 0.15) is 5.60 Å². The van der Waals surface area contributed by atoms with E-state index in [4.69, 9.17) is 4.74 Å². The molecule has 6 heteroatoms. The first kappa shape index (κ1) is 21.5. The lowest BCUT2D eigenvalue weighted by molar-refractivity contribution is 0.0527. The Hall–Kier alpha value is -1.46. The molecule has 1 amide bonds. The first-order valence-electron chi connectivity index (χ1n) is 8.58. The Morgan fingerprint density at radius 2 is 1.70 bits per heavy atom. The molecule has 0 radical (unpaired) electrons. The van der Waals surface area contributed by atoms with Crippen molar-refractivity contribution in [3.05, 3.63) is 0 Å². The Kier molecular flexibility index (Phi) is 10.4. The van der Waals surface area contributed by atoms with Crippen LogP contribution in [0.1, 0.15) is 60.8 Å². The predicted molar refractivity (Wildman–Crippen MR) is 96.9 cm³/mol. The number of aliphatic imine (C=N–C) groups is 1. The van der Waals surface area contributed by atoms with Crippen molar-refractivity contribution in [2.75, 3.05) is 20.1 Å². The Morgan fingerprint density at radius 1 is 1.09 bits per heavy atom. The van der Waals surface area contributed by atoms with Gasteiger partial charge in [0.2, 0.25) is 0 Å². The molecule has 0 rings (SSSR count). The van der Waals surface area contributed by atoms with Gasteiger partial charge in [0.25, 0.3) is 0 Å². The highest BCUT2D eigenvalue weighted by atomic mass is 16.6. The fraction of sp³-hybridized carbons (Fsp3) is 0.882. The maximum atomic E-state index is 11.5. The van der Waals surface area contributed by atoms with E-state index in [1.54, 1.807) is 7.05 Å². The van der Waals surface area contributed by atoms with Gasteiger partial charge in [0.15, 0.2) is 5.96 Å². The van der Waals surface area contributed by atoms with Crippen molar-refractivity contribution in [3.63, 3.8) is 0 Å². The summed E-state index contributed by atoms with van der Waals surface area (Å²) in [6.45, 7) is 13.5. The molecule has 0 bridgehead atoms. The van der Waals surface area contributed by atoms with E-state index in [2.05, 4.69) is 41.7 Å². The van der Waals surface area contributed by atoms with Crippen LogP contribution >= 0.6 is 0 Å². The summed E-state index contributed by atoms with van der Waals surface area (Å²) in [7, 11) is 1.77. The van der Waals surface area contributed by atoms with Gasteiger partial charge in [0.05, 0.1) is 0 Å². The molecule has 1 unspecified atom stereocenters. The van der Waals surface area contributed by atoms with E-state index in [1.165, 1.54) is 6.42 Å². The lowest BCUT2D eigenvalue weighted by Gasteiger charge is -2.20. The molecule has 0 heterocycles. The maximum Gasteiger partial charge on any atom is 0.407 e. The average Bonchev–Trinajstić information content (AvgIpc) is 2.41. The zero-order valence-corrected chi connectivity index (χ0v) is 16.0. The summed E-state index contributed by atoms with van der Waals surface area (Å²) in [5.41, 5.74) is -0.458. The molecule has 23 heavy (non-hydrogen) atoms.